The Hall–Kier alpha value is -1.45. The van der Waals surface area contributed by atoms with Crippen molar-refractivity contribution in [3.63, 3.8) is 0 Å². The van der Waals surface area contributed by atoms with Crippen LogP contribution in [0.5, 0.6) is 5.75 Å². The van der Waals surface area contributed by atoms with Gasteiger partial charge in [0.2, 0.25) is 5.43 Å². The van der Waals surface area contributed by atoms with E-state index in [0.717, 1.165) is 0 Å². The van der Waals surface area contributed by atoms with E-state index in [4.69, 9.17) is 10.5 Å². The summed E-state index contributed by atoms with van der Waals surface area (Å²) in [6, 6.07) is 0. The number of aromatic nitrogens is 1. The number of aryl methyl sites for hydroxylation is 1. The SMILES string of the molecule is COc1c(C)[nH]cc(N)c1=O. The topological polar surface area (TPSA) is 68.1 Å². The van der Waals surface area contributed by atoms with Crippen LogP contribution in [0.3, 0.4) is 0 Å². The van der Waals surface area contributed by atoms with Crippen LogP contribution in [0.15, 0.2) is 11.0 Å². The Morgan fingerprint density at radius 3 is 2.73 bits per heavy atom. The molecule has 0 aliphatic heterocycles. The molecule has 1 heterocycles. The van der Waals surface area contributed by atoms with E-state index in [2.05, 4.69) is 4.98 Å². The first-order chi connectivity index (χ1) is 5.16. The number of ether oxygens (including phenoxy) is 1. The minimum atomic E-state index is -0.260. The van der Waals surface area contributed by atoms with Gasteiger partial charge in [-0.05, 0) is 6.92 Å². The Morgan fingerprint density at radius 2 is 2.27 bits per heavy atom. The van der Waals surface area contributed by atoms with Crippen LogP contribution >= 0.6 is 0 Å². The normalized spacial score (nSPS) is 9.64. The lowest BCUT2D eigenvalue weighted by Gasteiger charge is -2.02. The van der Waals surface area contributed by atoms with Gasteiger partial charge < -0.3 is 15.5 Å². The molecule has 4 nitrogen and oxygen atoms in total. The van der Waals surface area contributed by atoms with Crippen LogP contribution in [0.4, 0.5) is 5.69 Å². The van der Waals surface area contributed by atoms with E-state index in [0.29, 0.717) is 5.69 Å². The highest BCUT2D eigenvalue weighted by atomic mass is 16.5. The van der Waals surface area contributed by atoms with Gasteiger partial charge in [-0.2, -0.15) is 0 Å². The number of nitrogens with two attached hydrogens (primary N) is 1. The number of hydrogen-bond donors (Lipinski definition) is 2. The third kappa shape index (κ3) is 1.19. The van der Waals surface area contributed by atoms with Gasteiger partial charge in [0.25, 0.3) is 0 Å². The number of H-pyrrole nitrogens is 1. The summed E-state index contributed by atoms with van der Waals surface area (Å²) in [5, 5.41) is 0. The minimum Gasteiger partial charge on any atom is -0.491 e. The molecule has 0 amide bonds. The summed E-state index contributed by atoms with van der Waals surface area (Å²) >= 11 is 0. The second-order valence-corrected chi connectivity index (χ2v) is 2.23. The summed E-state index contributed by atoms with van der Waals surface area (Å²) in [5.74, 6) is 0.282. The summed E-state index contributed by atoms with van der Waals surface area (Å²) in [5.41, 5.74) is 5.94. The Morgan fingerprint density at radius 1 is 1.64 bits per heavy atom. The van der Waals surface area contributed by atoms with Crippen LogP contribution in [-0.2, 0) is 0 Å². The van der Waals surface area contributed by atoms with Gasteiger partial charge in [-0.15, -0.1) is 0 Å². The molecule has 11 heavy (non-hydrogen) atoms. The highest BCUT2D eigenvalue weighted by Gasteiger charge is 2.05. The van der Waals surface area contributed by atoms with Crippen molar-refractivity contribution >= 4 is 5.69 Å². The van der Waals surface area contributed by atoms with Crippen LogP contribution in [-0.4, -0.2) is 12.1 Å². The van der Waals surface area contributed by atoms with Crippen molar-refractivity contribution in [3.05, 3.63) is 22.1 Å². The van der Waals surface area contributed by atoms with E-state index in [-0.39, 0.29) is 16.9 Å². The predicted molar refractivity (Wildman–Crippen MR) is 42.8 cm³/mol. The summed E-state index contributed by atoms with van der Waals surface area (Å²) in [4.78, 5) is 14.0. The Balaban J connectivity index is 3.41. The van der Waals surface area contributed by atoms with Crippen molar-refractivity contribution in [2.75, 3.05) is 12.8 Å². The van der Waals surface area contributed by atoms with E-state index in [1.807, 2.05) is 0 Å². The molecule has 4 heteroatoms. The molecule has 0 bridgehead atoms. The quantitative estimate of drug-likeness (QED) is 0.610. The zero-order valence-electron chi connectivity index (χ0n) is 6.47. The molecule has 0 fully saturated rings. The fourth-order valence-corrected chi connectivity index (χ4v) is 0.864. The second kappa shape index (κ2) is 2.65. The van der Waals surface area contributed by atoms with Crippen molar-refractivity contribution in [3.8, 4) is 5.75 Å². The number of methoxy groups -OCH3 is 1. The molecule has 0 aromatic carbocycles. The lowest BCUT2D eigenvalue weighted by molar-refractivity contribution is 0.405. The molecule has 1 aromatic rings. The maximum atomic E-state index is 11.2. The Labute approximate surface area is 64.0 Å². The number of nitrogen functional groups attached to an aromatic ring is 1. The van der Waals surface area contributed by atoms with Crippen LogP contribution < -0.4 is 15.9 Å². The standard InChI is InChI=1S/C7H10N2O2/c1-4-7(11-2)6(10)5(8)3-9-4/h3H,8H2,1-2H3,(H,9,10). The zero-order valence-corrected chi connectivity index (χ0v) is 6.47. The van der Waals surface area contributed by atoms with Crippen LogP contribution in [0.25, 0.3) is 0 Å². The monoisotopic (exact) mass is 154 g/mol. The third-order valence-corrected chi connectivity index (χ3v) is 1.46. The van der Waals surface area contributed by atoms with Crippen molar-refractivity contribution in [2.24, 2.45) is 0 Å². The zero-order chi connectivity index (χ0) is 8.43. The molecule has 1 rings (SSSR count). The van der Waals surface area contributed by atoms with Crippen LogP contribution in [0.2, 0.25) is 0 Å². The van der Waals surface area contributed by atoms with Crippen molar-refractivity contribution in [2.45, 2.75) is 6.92 Å². The number of rotatable bonds is 1. The van der Waals surface area contributed by atoms with E-state index >= 15 is 0 Å². The highest BCUT2D eigenvalue weighted by Crippen LogP contribution is 2.09. The van der Waals surface area contributed by atoms with E-state index in [1.165, 1.54) is 13.3 Å². The molecule has 0 saturated carbocycles. The third-order valence-electron chi connectivity index (χ3n) is 1.46. The maximum absolute atomic E-state index is 11.2. The molecule has 0 unspecified atom stereocenters. The lowest BCUT2D eigenvalue weighted by Crippen LogP contribution is -2.12. The smallest absolute Gasteiger partial charge is 0.246 e. The molecule has 0 spiro atoms. The van der Waals surface area contributed by atoms with Gasteiger partial charge >= 0.3 is 0 Å². The average molecular weight is 154 g/mol. The van der Waals surface area contributed by atoms with Gasteiger partial charge in [0.15, 0.2) is 5.75 Å². The highest BCUT2D eigenvalue weighted by molar-refractivity contribution is 5.43. The molecule has 0 saturated heterocycles. The molecule has 3 N–H and O–H groups in total. The van der Waals surface area contributed by atoms with Crippen LogP contribution in [0.1, 0.15) is 5.69 Å². The summed E-state index contributed by atoms with van der Waals surface area (Å²) in [6.45, 7) is 1.75. The molecular weight excluding hydrogens is 144 g/mol. The van der Waals surface area contributed by atoms with Gasteiger partial charge in [0.05, 0.1) is 18.5 Å². The first kappa shape index (κ1) is 7.65. The van der Waals surface area contributed by atoms with Crippen molar-refractivity contribution < 1.29 is 4.74 Å². The van der Waals surface area contributed by atoms with E-state index in [1.54, 1.807) is 6.92 Å². The number of nitrogens with one attached hydrogen (secondary N) is 1. The second-order valence-electron chi connectivity index (χ2n) is 2.23. The number of hydrogen-bond acceptors (Lipinski definition) is 3. The number of anilines is 1. The summed E-state index contributed by atoms with van der Waals surface area (Å²) in [6.07, 6.45) is 1.46. The molecule has 60 valence electrons. The van der Waals surface area contributed by atoms with Gasteiger partial charge in [-0.1, -0.05) is 0 Å². The molecule has 0 radical (unpaired) electrons. The van der Waals surface area contributed by atoms with E-state index in [9.17, 15) is 4.79 Å². The fourth-order valence-electron chi connectivity index (χ4n) is 0.864. The number of pyridine rings is 1. The molecular formula is C7H10N2O2. The minimum absolute atomic E-state index is 0.174. The Bertz CT molecular complexity index is 317. The lowest BCUT2D eigenvalue weighted by atomic mass is 10.3. The van der Waals surface area contributed by atoms with Gasteiger partial charge in [-0.3, -0.25) is 4.79 Å². The first-order valence-electron chi connectivity index (χ1n) is 3.18. The fraction of sp³-hybridized carbons (Fsp3) is 0.286. The van der Waals surface area contributed by atoms with Crippen molar-refractivity contribution in [1.82, 2.24) is 4.98 Å². The van der Waals surface area contributed by atoms with Gasteiger partial charge in [0.1, 0.15) is 0 Å². The molecule has 0 aliphatic rings. The Kier molecular flexibility index (Phi) is 1.85. The first-order valence-corrected chi connectivity index (χ1v) is 3.18. The number of aromatic amines is 1. The van der Waals surface area contributed by atoms with E-state index < -0.39 is 0 Å². The summed E-state index contributed by atoms with van der Waals surface area (Å²) < 4.78 is 4.83. The largest absolute Gasteiger partial charge is 0.491 e. The molecule has 1 aromatic heterocycles. The molecule has 0 atom stereocenters. The van der Waals surface area contributed by atoms with Gasteiger partial charge in [0, 0.05) is 6.20 Å². The van der Waals surface area contributed by atoms with Gasteiger partial charge in [-0.25, -0.2) is 0 Å². The van der Waals surface area contributed by atoms with Crippen LogP contribution in [0, 0.1) is 6.92 Å². The maximum Gasteiger partial charge on any atom is 0.246 e. The average Bonchev–Trinajstić information content (AvgIpc) is 1.99. The molecule has 0 aliphatic carbocycles. The predicted octanol–water partition coefficient (Wildman–Crippen LogP) is 0.274. The summed E-state index contributed by atoms with van der Waals surface area (Å²) in [7, 11) is 1.44. The van der Waals surface area contributed by atoms with Crippen molar-refractivity contribution in [1.29, 1.82) is 0 Å².